The highest BCUT2D eigenvalue weighted by Gasteiger charge is 2.26. The van der Waals surface area contributed by atoms with E-state index in [1.165, 1.54) is 0 Å². The van der Waals surface area contributed by atoms with Crippen LogP contribution in [0.15, 0.2) is 16.5 Å². The molecule has 1 rings (SSSR count). The Morgan fingerprint density at radius 1 is 1.29 bits per heavy atom. The zero-order valence-electron chi connectivity index (χ0n) is 9.22. The van der Waals surface area contributed by atoms with Crippen LogP contribution in [0.5, 0.6) is 0 Å². The van der Waals surface area contributed by atoms with E-state index in [0.717, 1.165) is 11.5 Å². The van der Waals surface area contributed by atoms with Crippen molar-refractivity contribution in [3.8, 4) is 0 Å². The fourth-order valence-electron chi connectivity index (χ4n) is 1.18. The van der Waals surface area contributed by atoms with Gasteiger partial charge in [0.05, 0.1) is 18.8 Å². The highest BCUT2D eigenvalue weighted by Crippen LogP contribution is 2.16. The van der Waals surface area contributed by atoms with Crippen molar-refractivity contribution in [1.29, 1.82) is 0 Å². The Labute approximate surface area is 102 Å². The van der Waals surface area contributed by atoms with Gasteiger partial charge < -0.3 is 15.5 Å². The number of furan rings is 1. The van der Waals surface area contributed by atoms with Gasteiger partial charge in [-0.3, -0.25) is 0 Å². The standard InChI is InChI=1S/C10H15F3N2OS/c11-10(12,13)7-15-5-8-1-2-9(16-8)6-17-4-3-14/h1-2,15H,3-7,14H2. The van der Waals surface area contributed by atoms with E-state index in [0.29, 0.717) is 18.1 Å². The monoisotopic (exact) mass is 268 g/mol. The second kappa shape index (κ2) is 6.93. The Bertz CT molecular complexity index is 328. The van der Waals surface area contributed by atoms with Crippen LogP contribution in [0.1, 0.15) is 11.5 Å². The molecule has 7 heteroatoms. The van der Waals surface area contributed by atoms with Gasteiger partial charge in [0.25, 0.3) is 0 Å². The van der Waals surface area contributed by atoms with Gasteiger partial charge in [-0.1, -0.05) is 0 Å². The predicted molar refractivity (Wildman–Crippen MR) is 61.7 cm³/mol. The first kappa shape index (κ1) is 14.4. The van der Waals surface area contributed by atoms with Crippen LogP contribution in [0.4, 0.5) is 13.2 Å². The summed E-state index contributed by atoms with van der Waals surface area (Å²) in [5.41, 5.74) is 5.34. The Morgan fingerprint density at radius 3 is 2.65 bits per heavy atom. The van der Waals surface area contributed by atoms with Crippen molar-refractivity contribution in [3.63, 3.8) is 0 Å². The average molecular weight is 268 g/mol. The highest BCUT2D eigenvalue weighted by molar-refractivity contribution is 7.98. The molecule has 98 valence electrons. The molecule has 1 aromatic rings. The van der Waals surface area contributed by atoms with Crippen LogP contribution in [-0.2, 0) is 12.3 Å². The van der Waals surface area contributed by atoms with Crippen LogP contribution < -0.4 is 11.1 Å². The quantitative estimate of drug-likeness (QED) is 0.744. The third-order valence-electron chi connectivity index (χ3n) is 1.85. The zero-order valence-corrected chi connectivity index (χ0v) is 10.0. The molecule has 0 aliphatic rings. The summed E-state index contributed by atoms with van der Waals surface area (Å²) in [5, 5.41) is 2.28. The van der Waals surface area contributed by atoms with Gasteiger partial charge >= 0.3 is 6.18 Å². The molecule has 3 nitrogen and oxygen atoms in total. The number of thioether (sulfide) groups is 1. The smallest absolute Gasteiger partial charge is 0.401 e. The van der Waals surface area contributed by atoms with E-state index in [1.807, 2.05) is 0 Å². The third kappa shape index (κ3) is 6.60. The van der Waals surface area contributed by atoms with Crippen molar-refractivity contribution in [2.24, 2.45) is 5.73 Å². The lowest BCUT2D eigenvalue weighted by molar-refractivity contribution is -0.125. The number of nitrogens with two attached hydrogens (primary N) is 1. The van der Waals surface area contributed by atoms with Crippen LogP contribution >= 0.6 is 11.8 Å². The van der Waals surface area contributed by atoms with Crippen LogP contribution in [0.25, 0.3) is 0 Å². The second-order valence-corrected chi connectivity index (χ2v) is 4.53. The van der Waals surface area contributed by atoms with Crippen LogP contribution in [-0.4, -0.2) is 25.0 Å². The number of nitrogens with one attached hydrogen (secondary N) is 1. The largest absolute Gasteiger partial charge is 0.464 e. The first-order valence-electron chi connectivity index (χ1n) is 5.14. The van der Waals surface area contributed by atoms with E-state index in [1.54, 1.807) is 23.9 Å². The van der Waals surface area contributed by atoms with Gasteiger partial charge in [-0.15, -0.1) is 0 Å². The van der Waals surface area contributed by atoms with Gasteiger partial charge in [0.1, 0.15) is 11.5 Å². The molecular weight excluding hydrogens is 253 g/mol. The summed E-state index contributed by atoms with van der Waals surface area (Å²) in [6.45, 7) is -0.322. The maximum Gasteiger partial charge on any atom is 0.401 e. The molecule has 0 saturated carbocycles. The Morgan fingerprint density at radius 2 is 2.00 bits per heavy atom. The normalized spacial score (nSPS) is 12.0. The number of hydrogen-bond acceptors (Lipinski definition) is 4. The summed E-state index contributed by atoms with van der Waals surface area (Å²) >= 11 is 1.63. The number of halogens is 3. The molecule has 0 bridgehead atoms. The lowest BCUT2D eigenvalue weighted by Crippen LogP contribution is -2.28. The molecule has 0 spiro atoms. The molecule has 1 heterocycles. The van der Waals surface area contributed by atoms with Gasteiger partial charge in [-0.05, 0) is 12.1 Å². The summed E-state index contributed by atoms with van der Waals surface area (Å²) < 4.78 is 40.9. The minimum atomic E-state index is -4.19. The zero-order chi connectivity index (χ0) is 12.7. The molecule has 0 aliphatic carbocycles. The SMILES string of the molecule is NCCSCc1ccc(CNCC(F)(F)F)o1. The van der Waals surface area contributed by atoms with Crippen LogP contribution in [0, 0.1) is 0 Å². The molecule has 0 aliphatic heterocycles. The van der Waals surface area contributed by atoms with Crippen molar-refractivity contribution >= 4 is 11.8 Å². The molecule has 0 aromatic carbocycles. The molecule has 0 unspecified atom stereocenters. The topological polar surface area (TPSA) is 51.2 Å². The van der Waals surface area contributed by atoms with Crippen LogP contribution in [0.3, 0.4) is 0 Å². The summed E-state index contributed by atoms with van der Waals surface area (Å²) in [6, 6.07) is 3.45. The Balaban J connectivity index is 2.26. The maximum absolute atomic E-state index is 11.9. The van der Waals surface area contributed by atoms with E-state index in [2.05, 4.69) is 5.32 Å². The minimum absolute atomic E-state index is 0.0844. The fourth-order valence-corrected chi connectivity index (χ4v) is 1.85. The van der Waals surface area contributed by atoms with Gasteiger partial charge in [0.15, 0.2) is 0 Å². The van der Waals surface area contributed by atoms with E-state index in [4.69, 9.17) is 10.2 Å². The lowest BCUT2D eigenvalue weighted by Gasteiger charge is -2.06. The highest BCUT2D eigenvalue weighted by atomic mass is 32.2. The van der Waals surface area contributed by atoms with E-state index in [9.17, 15) is 13.2 Å². The Kier molecular flexibility index (Phi) is 5.87. The molecule has 0 saturated heterocycles. The first-order valence-corrected chi connectivity index (χ1v) is 6.29. The van der Waals surface area contributed by atoms with Crippen LogP contribution in [0.2, 0.25) is 0 Å². The van der Waals surface area contributed by atoms with Crippen molar-refractivity contribution < 1.29 is 17.6 Å². The van der Waals surface area contributed by atoms with Gasteiger partial charge in [0.2, 0.25) is 0 Å². The predicted octanol–water partition coefficient (Wildman–Crippen LogP) is 2.12. The molecule has 1 aromatic heterocycles. The maximum atomic E-state index is 11.9. The number of hydrogen-bond donors (Lipinski definition) is 2. The number of rotatable bonds is 7. The van der Waals surface area contributed by atoms with Gasteiger partial charge in [-0.2, -0.15) is 24.9 Å². The molecule has 0 atom stereocenters. The summed E-state index contributed by atoms with van der Waals surface area (Å²) in [5.74, 6) is 2.80. The van der Waals surface area contributed by atoms with Crippen molar-refractivity contribution in [3.05, 3.63) is 23.7 Å². The molecule has 0 fully saturated rings. The minimum Gasteiger partial charge on any atom is -0.464 e. The fraction of sp³-hybridized carbons (Fsp3) is 0.600. The molecule has 0 radical (unpaired) electrons. The van der Waals surface area contributed by atoms with Crippen molar-refractivity contribution in [2.45, 2.75) is 18.5 Å². The van der Waals surface area contributed by atoms with E-state index < -0.39 is 12.7 Å². The third-order valence-corrected chi connectivity index (χ3v) is 2.86. The van der Waals surface area contributed by atoms with Gasteiger partial charge in [0, 0.05) is 12.3 Å². The first-order chi connectivity index (χ1) is 8.01. The average Bonchev–Trinajstić information content (AvgIpc) is 2.64. The second-order valence-electron chi connectivity index (χ2n) is 3.43. The Hall–Kier alpha value is -0.660. The molecular formula is C10H15F3N2OS. The summed E-state index contributed by atoms with van der Waals surface area (Å²) in [6.07, 6.45) is -4.19. The molecule has 0 amide bonds. The van der Waals surface area contributed by atoms with E-state index >= 15 is 0 Å². The number of alkyl halides is 3. The molecule has 3 N–H and O–H groups in total. The lowest BCUT2D eigenvalue weighted by atomic mass is 10.4. The van der Waals surface area contributed by atoms with Crippen molar-refractivity contribution in [2.75, 3.05) is 18.8 Å². The van der Waals surface area contributed by atoms with E-state index in [-0.39, 0.29) is 6.54 Å². The van der Waals surface area contributed by atoms with Gasteiger partial charge in [-0.25, -0.2) is 0 Å². The van der Waals surface area contributed by atoms with Crippen molar-refractivity contribution in [1.82, 2.24) is 5.32 Å². The summed E-state index contributed by atoms with van der Waals surface area (Å²) in [4.78, 5) is 0. The molecule has 17 heavy (non-hydrogen) atoms. The summed E-state index contributed by atoms with van der Waals surface area (Å²) in [7, 11) is 0.